The van der Waals surface area contributed by atoms with E-state index in [-0.39, 0.29) is 5.91 Å². The summed E-state index contributed by atoms with van der Waals surface area (Å²) in [5.74, 6) is 0.814. The molecule has 0 saturated carbocycles. The zero-order valence-corrected chi connectivity index (χ0v) is 12.3. The lowest BCUT2D eigenvalue weighted by molar-refractivity contribution is 0.0785. The Morgan fingerprint density at radius 3 is 2.95 bits per heavy atom. The van der Waals surface area contributed by atoms with Gasteiger partial charge in [0.05, 0.1) is 0 Å². The minimum Gasteiger partial charge on any atom is -0.378 e. The van der Waals surface area contributed by atoms with Gasteiger partial charge in [-0.2, -0.15) is 0 Å². The van der Waals surface area contributed by atoms with Crippen molar-refractivity contribution in [1.29, 1.82) is 0 Å². The average molecular weight is 273 g/mol. The zero-order valence-electron chi connectivity index (χ0n) is 12.3. The zero-order chi connectivity index (χ0) is 14.1. The van der Waals surface area contributed by atoms with Crippen LogP contribution in [0.4, 0.5) is 5.69 Å². The van der Waals surface area contributed by atoms with Crippen molar-refractivity contribution in [1.82, 2.24) is 10.2 Å². The third kappa shape index (κ3) is 2.52. The number of amides is 1. The van der Waals surface area contributed by atoms with Gasteiger partial charge in [0.2, 0.25) is 0 Å². The first-order valence-electron chi connectivity index (χ1n) is 7.45. The molecule has 20 heavy (non-hydrogen) atoms. The van der Waals surface area contributed by atoms with Crippen LogP contribution in [-0.4, -0.2) is 50.6 Å². The SMILES string of the molecule is CN(C)c1cccc(C(=O)N2C[C@@H]3CCCN[C@@H]3C2)c1. The summed E-state index contributed by atoms with van der Waals surface area (Å²) in [7, 11) is 4.00. The standard InChI is InChI=1S/C16H23N3O/c1-18(2)14-7-3-5-12(9-14)16(20)19-10-13-6-4-8-17-15(13)11-19/h3,5,7,9,13,15,17H,4,6,8,10-11H2,1-2H3/t13-,15+/m0/s1. The Morgan fingerprint density at radius 1 is 1.35 bits per heavy atom. The van der Waals surface area contributed by atoms with Crippen molar-refractivity contribution in [2.75, 3.05) is 38.6 Å². The van der Waals surface area contributed by atoms with E-state index in [4.69, 9.17) is 0 Å². The number of anilines is 1. The number of hydrogen-bond donors (Lipinski definition) is 1. The monoisotopic (exact) mass is 273 g/mol. The van der Waals surface area contributed by atoms with Crippen LogP contribution in [0.1, 0.15) is 23.2 Å². The minimum absolute atomic E-state index is 0.171. The Hall–Kier alpha value is -1.55. The summed E-state index contributed by atoms with van der Waals surface area (Å²) in [6.45, 7) is 2.86. The number of fused-ring (bicyclic) bond motifs is 1. The number of benzene rings is 1. The predicted molar refractivity (Wildman–Crippen MR) is 81.2 cm³/mol. The van der Waals surface area contributed by atoms with Crippen molar-refractivity contribution < 1.29 is 4.79 Å². The van der Waals surface area contributed by atoms with E-state index in [0.717, 1.165) is 30.9 Å². The van der Waals surface area contributed by atoms with Crippen LogP contribution in [0.5, 0.6) is 0 Å². The number of nitrogens with zero attached hydrogens (tertiary/aromatic N) is 2. The topological polar surface area (TPSA) is 35.6 Å². The van der Waals surface area contributed by atoms with Crippen molar-refractivity contribution in [3.05, 3.63) is 29.8 Å². The largest absolute Gasteiger partial charge is 0.378 e. The van der Waals surface area contributed by atoms with E-state index >= 15 is 0 Å². The molecule has 4 heteroatoms. The van der Waals surface area contributed by atoms with Gasteiger partial charge in [0.15, 0.2) is 0 Å². The van der Waals surface area contributed by atoms with Crippen LogP contribution in [-0.2, 0) is 0 Å². The fourth-order valence-electron chi connectivity index (χ4n) is 3.31. The van der Waals surface area contributed by atoms with Crippen molar-refractivity contribution in [2.24, 2.45) is 5.92 Å². The molecule has 0 radical (unpaired) electrons. The maximum absolute atomic E-state index is 12.6. The first kappa shape index (κ1) is 13.4. The molecule has 1 amide bonds. The number of rotatable bonds is 2. The van der Waals surface area contributed by atoms with E-state index in [1.54, 1.807) is 0 Å². The Kier molecular flexibility index (Phi) is 3.66. The Balaban J connectivity index is 1.74. The van der Waals surface area contributed by atoms with Crippen molar-refractivity contribution >= 4 is 11.6 Å². The van der Waals surface area contributed by atoms with Crippen LogP contribution in [0.15, 0.2) is 24.3 Å². The third-order valence-electron chi connectivity index (χ3n) is 4.50. The normalized spacial score (nSPS) is 25.4. The molecule has 2 aliphatic heterocycles. The molecular weight excluding hydrogens is 250 g/mol. The molecule has 1 aromatic carbocycles. The number of piperidine rings is 1. The van der Waals surface area contributed by atoms with Crippen molar-refractivity contribution in [2.45, 2.75) is 18.9 Å². The smallest absolute Gasteiger partial charge is 0.253 e. The van der Waals surface area contributed by atoms with E-state index in [2.05, 4.69) is 5.32 Å². The fraction of sp³-hybridized carbons (Fsp3) is 0.562. The second-order valence-corrected chi connectivity index (χ2v) is 6.12. The number of likely N-dealkylation sites (tertiary alicyclic amines) is 1. The first-order chi connectivity index (χ1) is 9.65. The molecule has 2 heterocycles. The molecule has 4 nitrogen and oxygen atoms in total. The maximum Gasteiger partial charge on any atom is 0.253 e. The molecule has 2 atom stereocenters. The Labute approximate surface area is 120 Å². The molecule has 1 aromatic rings. The summed E-state index contributed by atoms with van der Waals surface area (Å²) >= 11 is 0. The van der Waals surface area contributed by atoms with Gasteiger partial charge >= 0.3 is 0 Å². The van der Waals surface area contributed by atoms with E-state index in [9.17, 15) is 4.79 Å². The number of carbonyl (C=O) groups excluding carboxylic acids is 1. The average Bonchev–Trinajstić information content (AvgIpc) is 2.90. The first-order valence-corrected chi connectivity index (χ1v) is 7.45. The summed E-state index contributed by atoms with van der Waals surface area (Å²) in [5, 5.41) is 3.54. The Morgan fingerprint density at radius 2 is 2.20 bits per heavy atom. The molecule has 3 rings (SSSR count). The molecule has 108 valence electrons. The van der Waals surface area contributed by atoms with Crippen molar-refractivity contribution in [3.63, 3.8) is 0 Å². The summed E-state index contributed by atoms with van der Waals surface area (Å²) in [6.07, 6.45) is 2.48. The van der Waals surface area contributed by atoms with E-state index in [1.165, 1.54) is 12.8 Å². The molecule has 2 aliphatic rings. The van der Waals surface area contributed by atoms with Gasteiger partial charge in [-0.3, -0.25) is 4.79 Å². The van der Waals surface area contributed by atoms with Crippen LogP contribution in [0, 0.1) is 5.92 Å². The molecule has 2 fully saturated rings. The van der Waals surface area contributed by atoms with Gasteiger partial charge in [-0.05, 0) is 43.5 Å². The van der Waals surface area contributed by atoms with Crippen LogP contribution in [0.25, 0.3) is 0 Å². The van der Waals surface area contributed by atoms with Gasteiger partial charge < -0.3 is 15.1 Å². The molecular formula is C16H23N3O. The lowest BCUT2D eigenvalue weighted by Gasteiger charge is -2.24. The van der Waals surface area contributed by atoms with Gasteiger partial charge in [0.25, 0.3) is 5.91 Å². The summed E-state index contributed by atoms with van der Waals surface area (Å²) < 4.78 is 0. The van der Waals surface area contributed by atoms with Gasteiger partial charge in [0.1, 0.15) is 0 Å². The quantitative estimate of drug-likeness (QED) is 0.888. The van der Waals surface area contributed by atoms with Crippen LogP contribution < -0.4 is 10.2 Å². The second-order valence-electron chi connectivity index (χ2n) is 6.12. The van der Waals surface area contributed by atoms with Gasteiger partial charge in [-0.25, -0.2) is 0 Å². The molecule has 1 N–H and O–H groups in total. The third-order valence-corrected chi connectivity index (χ3v) is 4.50. The van der Waals surface area contributed by atoms with Gasteiger partial charge in [-0.15, -0.1) is 0 Å². The number of carbonyl (C=O) groups is 1. The van der Waals surface area contributed by atoms with Crippen LogP contribution in [0.2, 0.25) is 0 Å². The number of hydrogen-bond acceptors (Lipinski definition) is 3. The molecule has 0 aliphatic carbocycles. The molecule has 0 spiro atoms. The lowest BCUT2D eigenvalue weighted by Crippen LogP contribution is -2.41. The van der Waals surface area contributed by atoms with Crippen LogP contribution >= 0.6 is 0 Å². The highest BCUT2D eigenvalue weighted by atomic mass is 16.2. The summed E-state index contributed by atoms with van der Waals surface area (Å²) in [5.41, 5.74) is 1.88. The van der Waals surface area contributed by atoms with E-state index in [0.29, 0.717) is 12.0 Å². The highest BCUT2D eigenvalue weighted by molar-refractivity contribution is 5.95. The van der Waals surface area contributed by atoms with Crippen LogP contribution in [0.3, 0.4) is 0 Å². The molecule has 0 unspecified atom stereocenters. The van der Waals surface area contributed by atoms with Gasteiger partial charge in [-0.1, -0.05) is 6.07 Å². The maximum atomic E-state index is 12.6. The predicted octanol–water partition coefficient (Wildman–Crippen LogP) is 1.58. The minimum atomic E-state index is 0.171. The summed E-state index contributed by atoms with van der Waals surface area (Å²) in [4.78, 5) is 16.7. The fourth-order valence-corrected chi connectivity index (χ4v) is 3.31. The van der Waals surface area contributed by atoms with E-state index in [1.807, 2.05) is 48.2 Å². The highest BCUT2D eigenvalue weighted by Crippen LogP contribution is 2.26. The van der Waals surface area contributed by atoms with Crippen molar-refractivity contribution in [3.8, 4) is 0 Å². The van der Waals surface area contributed by atoms with Gasteiger partial charge in [0, 0.05) is 44.5 Å². The molecule has 0 bridgehead atoms. The Bertz CT molecular complexity index is 486. The summed E-state index contributed by atoms with van der Waals surface area (Å²) in [6, 6.07) is 8.40. The molecule has 0 aromatic heterocycles. The van der Waals surface area contributed by atoms with E-state index < -0.39 is 0 Å². The highest BCUT2D eigenvalue weighted by Gasteiger charge is 2.36. The second kappa shape index (κ2) is 5.44. The molecule has 2 saturated heterocycles. The lowest BCUT2D eigenvalue weighted by atomic mass is 9.94. The number of nitrogens with one attached hydrogen (secondary N) is 1.